The van der Waals surface area contributed by atoms with Crippen molar-refractivity contribution in [2.45, 2.75) is 13.2 Å². The average Bonchev–Trinajstić information content (AvgIpc) is 2.39. The molecule has 0 atom stereocenters. The zero-order valence-corrected chi connectivity index (χ0v) is 11.6. The molecule has 0 saturated carbocycles. The highest BCUT2D eigenvalue weighted by Gasteiger charge is 2.38. The van der Waals surface area contributed by atoms with Gasteiger partial charge in [0.2, 0.25) is 0 Å². The first-order valence-electron chi connectivity index (χ1n) is 6.20. The van der Waals surface area contributed by atoms with Crippen LogP contribution in [0, 0.1) is 5.82 Å². The molecule has 0 bridgehead atoms. The molecule has 0 aliphatic rings. The lowest BCUT2D eigenvalue weighted by molar-refractivity contribution is -0.203. The van der Waals surface area contributed by atoms with E-state index in [1.54, 1.807) is 0 Å². The molecule has 1 aromatic heterocycles. The fourth-order valence-electron chi connectivity index (χ4n) is 2.13. The molecule has 0 fully saturated rings. The number of carbonyl (C=O) groups is 1. The zero-order valence-electron chi connectivity index (χ0n) is 11.6. The van der Waals surface area contributed by atoms with Crippen molar-refractivity contribution in [3.05, 3.63) is 33.9 Å². The summed E-state index contributed by atoms with van der Waals surface area (Å²) in [4.78, 5) is 23.7. The second-order valence-corrected chi connectivity index (χ2v) is 4.44. The fourth-order valence-corrected chi connectivity index (χ4v) is 2.13. The number of esters is 1. The van der Waals surface area contributed by atoms with Gasteiger partial charge in [0.05, 0.1) is 17.8 Å². The van der Waals surface area contributed by atoms with Gasteiger partial charge in [-0.1, -0.05) is 0 Å². The van der Waals surface area contributed by atoms with Gasteiger partial charge in [-0.25, -0.2) is 13.8 Å². The van der Waals surface area contributed by atoms with Crippen LogP contribution in [0.3, 0.4) is 0 Å². The lowest BCUT2D eigenvalue weighted by atomic mass is 10.1. The predicted octanol–water partition coefficient (Wildman–Crippen LogP) is 2.08. The van der Waals surface area contributed by atoms with E-state index in [0.29, 0.717) is 12.1 Å². The first-order valence-corrected chi connectivity index (χ1v) is 6.20. The molecule has 0 spiro atoms. The van der Waals surface area contributed by atoms with Crippen LogP contribution in [-0.2, 0) is 11.0 Å². The van der Waals surface area contributed by atoms with Crippen molar-refractivity contribution in [3.63, 3.8) is 0 Å². The monoisotopic (exact) mass is 334 g/mol. The second-order valence-electron chi connectivity index (χ2n) is 4.44. The number of nitrogens with two attached hydrogens (primary N) is 1. The highest BCUT2D eigenvalue weighted by atomic mass is 19.4. The Morgan fingerprint density at radius 1 is 1.39 bits per heavy atom. The van der Waals surface area contributed by atoms with E-state index in [4.69, 9.17) is 5.73 Å². The first-order chi connectivity index (χ1) is 10.6. The van der Waals surface area contributed by atoms with Crippen molar-refractivity contribution in [3.8, 4) is 5.75 Å². The number of hydrogen-bond donors (Lipinski definition) is 2. The summed E-state index contributed by atoms with van der Waals surface area (Å²) in [5.41, 5.74) is 0.568. The highest BCUT2D eigenvalue weighted by molar-refractivity contribution is 6.02. The lowest BCUT2D eigenvalue weighted by Gasteiger charge is -2.17. The number of aromatic hydroxyl groups is 1. The van der Waals surface area contributed by atoms with Gasteiger partial charge in [-0.15, -0.1) is 13.2 Å². The normalized spacial score (nSPS) is 11.7. The second kappa shape index (κ2) is 5.45. The van der Waals surface area contributed by atoms with Crippen LogP contribution < -0.4 is 11.3 Å². The minimum atomic E-state index is -5.25. The molecule has 2 rings (SSSR count). The minimum absolute atomic E-state index is 0.243. The van der Waals surface area contributed by atoms with Crippen LogP contribution in [-0.4, -0.2) is 22.2 Å². The first kappa shape index (κ1) is 16.6. The summed E-state index contributed by atoms with van der Waals surface area (Å²) in [5.74, 6) is -3.64. The number of alkyl halides is 3. The molecule has 0 radical (unpaired) electrons. The summed E-state index contributed by atoms with van der Waals surface area (Å²) >= 11 is 0. The van der Waals surface area contributed by atoms with E-state index in [9.17, 15) is 32.3 Å². The number of anilines is 1. The number of benzene rings is 1. The van der Waals surface area contributed by atoms with Gasteiger partial charge in [-0.2, -0.15) is 0 Å². The number of hydrogen-bond acceptors (Lipinski definition) is 5. The topological polar surface area (TPSA) is 94.5 Å². The lowest BCUT2D eigenvalue weighted by Crippen LogP contribution is -2.35. The molecule has 0 amide bonds. The third-order valence-electron chi connectivity index (χ3n) is 2.97. The summed E-state index contributed by atoms with van der Waals surface area (Å²) in [6, 6.07) is 1.10. The molecule has 0 unspecified atom stereocenters. The Morgan fingerprint density at radius 2 is 2.00 bits per heavy atom. The Hall–Kier alpha value is -2.78. The molecule has 124 valence electrons. The van der Waals surface area contributed by atoms with Crippen molar-refractivity contribution in [1.82, 2.24) is 4.57 Å². The summed E-state index contributed by atoms with van der Waals surface area (Å²) < 4.78 is 56.7. The van der Waals surface area contributed by atoms with Crippen LogP contribution in [0.5, 0.6) is 5.75 Å². The molecule has 0 aliphatic heterocycles. The number of fused-ring (bicyclic) bond motifs is 1. The van der Waals surface area contributed by atoms with E-state index >= 15 is 0 Å². The number of halogens is 4. The maximum Gasteiger partial charge on any atom is 0.491 e. The van der Waals surface area contributed by atoms with Gasteiger partial charge in [-0.3, -0.25) is 4.79 Å². The molecule has 3 N–H and O–H groups in total. The Morgan fingerprint density at radius 3 is 2.52 bits per heavy atom. The average molecular weight is 334 g/mol. The Balaban J connectivity index is 3.07. The summed E-state index contributed by atoms with van der Waals surface area (Å²) in [6.45, 7) is 1.11. The van der Waals surface area contributed by atoms with Crippen molar-refractivity contribution >= 4 is 22.6 Å². The number of nitrogen functional groups attached to an aromatic ring is 1. The van der Waals surface area contributed by atoms with Gasteiger partial charge in [0.15, 0.2) is 5.56 Å². The van der Waals surface area contributed by atoms with Gasteiger partial charge >= 0.3 is 12.3 Å². The van der Waals surface area contributed by atoms with Gasteiger partial charge < -0.3 is 15.6 Å². The summed E-state index contributed by atoms with van der Waals surface area (Å²) in [5, 5.41) is 9.23. The van der Waals surface area contributed by atoms with E-state index in [0.717, 1.165) is 0 Å². The SMILES string of the molecule is CCOC(=O)c1c(O)c2cc(F)cc(N)c2n(C(F)(F)F)c1=O. The number of pyridine rings is 1. The fraction of sp³-hybridized carbons (Fsp3) is 0.231. The molecular formula is C13H10F4N2O4. The van der Waals surface area contributed by atoms with Crippen molar-refractivity contribution in [2.24, 2.45) is 0 Å². The van der Waals surface area contributed by atoms with Crippen molar-refractivity contribution in [1.29, 1.82) is 0 Å². The third-order valence-corrected chi connectivity index (χ3v) is 2.97. The molecule has 6 nitrogen and oxygen atoms in total. The highest BCUT2D eigenvalue weighted by Crippen LogP contribution is 2.35. The van der Waals surface area contributed by atoms with Crippen LogP contribution >= 0.6 is 0 Å². The van der Waals surface area contributed by atoms with Gasteiger partial charge in [0, 0.05) is 5.39 Å². The Kier molecular flexibility index (Phi) is 3.93. The third kappa shape index (κ3) is 2.67. The molecule has 10 heteroatoms. The smallest absolute Gasteiger partial charge is 0.491 e. The van der Waals surface area contributed by atoms with E-state index in [1.165, 1.54) is 6.92 Å². The Bertz CT molecular complexity index is 858. The van der Waals surface area contributed by atoms with Crippen LogP contribution in [0.4, 0.5) is 23.2 Å². The van der Waals surface area contributed by atoms with Gasteiger partial charge in [0.1, 0.15) is 11.6 Å². The predicted molar refractivity (Wildman–Crippen MR) is 71.5 cm³/mol. The van der Waals surface area contributed by atoms with Crippen LogP contribution in [0.15, 0.2) is 16.9 Å². The maximum absolute atomic E-state index is 13.4. The number of aromatic nitrogens is 1. The van der Waals surface area contributed by atoms with Gasteiger partial charge in [-0.05, 0) is 19.1 Å². The number of carbonyl (C=O) groups excluding carboxylic acids is 1. The quantitative estimate of drug-likeness (QED) is 0.498. The van der Waals surface area contributed by atoms with E-state index in [1.807, 2.05) is 0 Å². The van der Waals surface area contributed by atoms with Crippen LogP contribution in [0.1, 0.15) is 17.3 Å². The van der Waals surface area contributed by atoms with Crippen molar-refractivity contribution in [2.75, 3.05) is 12.3 Å². The molecule has 1 aromatic carbocycles. The Labute approximate surface area is 125 Å². The number of nitrogens with zero attached hydrogens (tertiary/aromatic N) is 1. The van der Waals surface area contributed by atoms with Crippen LogP contribution in [0.25, 0.3) is 10.9 Å². The van der Waals surface area contributed by atoms with Crippen molar-refractivity contribution < 1.29 is 32.2 Å². The van der Waals surface area contributed by atoms with Gasteiger partial charge in [0.25, 0.3) is 5.56 Å². The summed E-state index contributed by atoms with van der Waals surface area (Å²) in [7, 11) is 0. The number of ether oxygens (including phenoxy) is 1. The molecule has 2 aromatic rings. The minimum Gasteiger partial charge on any atom is -0.506 e. The number of rotatable bonds is 2. The standard InChI is InChI=1S/C13H10F4N2O4/c1-2-23-12(22)8-10(20)6-3-5(14)4-7(18)9(6)19(11(8)21)13(15,16)17/h3-4,20H,2,18H2,1H3. The van der Waals surface area contributed by atoms with E-state index in [2.05, 4.69) is 4.74 Å². The van der Waals surface area contributed by atoms with E-state index in [-0.39, 0.29) is 6.61 Å². The molecule has 23 heavy (non-hydrogen) atoms. The van der Waals surface area contributed by atoms with E-state index < -0.39 is 56.1 Å². The largest absolute Gasteiger partial charge is 0.506 e. The molecule has 1 heterocycles. The summed E-state index contributed by atoms with van der Waals surface area (Å²) in [6.07, 6.45) is -5.25. The van der Waals surface area contributed by atoms with Crippen LogP contribution in [0.2, 0.25) is 0 Å². The zero-order chi connectivity index (χ0) is 17.5. The molecule has 0 aliphatic carbocycles. The molecular weight excluding hydrogens is 324 g/mol. The maximum atomic E-state index is 13.4. The molecule has 0 saturated heterocycles.